The largest absolute Gasteiger partial charge is 0.452 e. The first-order chi connectivity index (χ1) is 12.7. The summed E-state index contributed by atoms with van der Waals surface area (Å²) in [6, 6.07) is 1.63. The Morgan fingerprint density at radius 3 is 2.33 bits per heavy atom. The number of carbonyl (C=O) groups excluding carboxylic acids is 3. The van der Waals surface area contributed by atoms with Crippen molar-refractivity contribution in [2.24, 2.45) is 5.92 Å². The van der Waals surface area contributed by atoms with Crippen LogP contribution in [0.4, 0.5) is 10.7 Å². The van der Waals surface area contributed by atoms with Crippen LogP contribution in [0, 0.1) is 5.92 Å². The lowest BCUT2D eigenvalue weighted by molar-refractivity contribution is -0.158. The molecule has 2 amide bonds. The Balaban J connectivity index is 1.78. The maximum Gasteiger partial charge on any atom is 0.410 e. The number of ether oxygens (including phenoxy) is 2. The van der Waals surface area contributed by atoms with Gasteiger partial charge in [-0.3, -0.25) is 14.9 Å². The van der Waals surface area contributed by atoms with Gasteiger partial charge in [0.25, 0.3) is 5.91 Å². The predicted molar refractivity (Wildman–Crippen MR) is 96.7 cm³/mol. The first-order valence-corrected chi connectivity index (χ1v) is 8.92. The Kier molecular flexibility index (Phi) is 6.70. The number of nitrogens with zero attached hydrogens (tertiary/aromatic N) is 3. The number of aromatic nitrogens is 2. The van der Waals surface area contributed by atoms with Crippen LogP contribution in [0.5, 0.6) is 0 Å². The number of esters is 1. The van der Waals surface area contributed by atoms with Crippen LogP contribution >= 0.6 is 0 Å². The summed E-state index contributed by atoms with van der Waals surface area (Å²) in [7, 11) is 0. The van der Waals surface area contributed by atoms with Crippen molar-refractivity contribution in [3.05, 3.63) is 18.5 Å². The number of hydrogen-bond donors (Lipinski definition) is 1. The molecular weight excluding hydrogens is 352 g/mol. The minimum atomic E-state index is -0.967. The maximum absolute atomic E-state index is 12.3. The van der Waals surface area contributed by atoms with Gasteiger partial charge in [-0.15, -0.1) is 0 Å². The second kappa shape index (κ2) is 8.79. The molecule has 0 spiro atoms. The minimum absolute atomic E-state index is 0.149. The standard InChI is InChI=1S/C18H26N4O5/c1-12(14(23)21-16-19-8-5-9-20-16)26-15(24)13-6-10-22(11-7-13)17(25)27-18(2,3)4/h5,8-9,12-13H,6-7,10-11H2,1-4H3,(H,19,20,21,23). The fourth-order valence-corrected chi connectivity index (χ4v) is 2.52. The second-order valence-electron chi connectivity index (χ2n) is 7.38. The Labute approximate surface area is 158 Å². The summed E-state index contributed by atoms with van der Waals surface area (Å²) in [6.45, 7) is 7.73. The normalized spacial score (nSPS) is 16.4. The van der Waals surface area contributed by atoms with Crippen molar-refractivity contribution in [3.63, 3.8) is 0 Å². The van der Waals surface area contributed by atoms with Gasteiger partial charge in [-0.05, 0) is 46.6 Å². The van der Waals surface area contributed by atoms with Crippen molar-refractivity contribution < 1.29 is 23.9 Å². The van der Waals surface area contributed by atoms with Gasteiger partial charge in [0.1, 0.15) is 5.60 Å². The lowest BCUT2D eigenvalue weighted by atomic mass is 9.97. The van der Waals surface area contributed by atoms with Crippen LogP contribution in [0.15, 0.2) is 18.5 Å². The molecular formula is C18H26N4O5. The van der Waals surface area contributed by atoms with Crippen molar-refractivity contribution in [3.8, 4) is 0 Å². The van der Waals surface area contributed by atoms with E-state index in [-0.39, 0.29) is 18.0 Å². The SMILES string of the molecule is CC(OC(=O)C1CCN(C(=O)OC(C)(C)C)CC1)C(=O)Nc1ncccn1. The summed E-state index contributed by atoms with van der Waals surface area (Å²) in [5, 5.41) is 2.49. The van der Waals surface area contributed by atoms with Gasteiger partial charge in [0.15, 0.2) is 6.10 Å². The highest BCUT2D eigenvalue weighted by atomic mass is 16.6. The van der Waals surface area contributed by atoms with Gasteiger partial charge in [-0.1, -0.05) is 0 Å². The predicted octanol–water partition coefficient (Wildman–Crippen LogP) is 1.99. The molecule has 27 heavy (non-hydrogen) atoms. The number of rotatable bonds is 4. The number of anilines is 1. The fourth-order valence-electron chi connectivity index (χ4n) is 2.52. The number of nitrogens with one attached hydrogen (secondary N) is 1. The molecule has 1 fully saturated rings. The van der Waals surface area contributed by atoms with Gasteiger partial charge >= 0.3 is 12.1 Å². The summed E-state index contributed by atoms with van der Waals surface area (Å²) in [6.07, 6.45) is 2.58. The number of carbonyl (C=O) groups is 3. The van der Waals surface area contributed by atoms with Gasteiger partial charge in [0.05, 0.1) is 5.92 Å². The van der Waals surface area contributed by atoms with E-state index in [0.29, 0.717) is 25.9 Å². The van der Waals surface area contributed by atoms with Gasteiger partial charge in [-0.2, -0.15) is 0 Å². The average Bonchev–Trinajstić information content (AvgIpc) is 2.61. The molecule has 1 aromatic rings. The van der Waals surface area contributed by atoms with Gasteiger partial charge in [-0.25, -0.2) is 14.8 Å². The van der Waals surface area contributed by atoms with Crippen molar-refractivity contribution >= 4 is 23.9 Å². The van der Waals surface area contributed by atoms with Crippen LogP contribution in [0.25, 0.3) is 0 Å². The molecule has 148 valence electrons. The molecule has 0 bridgehead atoms. The van der Waals surface area contributed by atoms with E-state index in [1.54, 1.807) is 11.0 Å². The molecule has 9 heteroatoms. The molecule has 2 rings (SSSR count). The Hall–Kier alpha value is -2.71. The molecule has 0 aromatic carbocycles. The van der Waals surface area contributed by atoms with Crippen LogP contribution < -0.4 is 5.32 Å². The van der Waals surface area contributed by atoms with Gasteiger partial charge < -0.3 is 14.4 Å². The van der Waals surface area contributed by atoms with E-state index in [2.05, 4.69) is 15.3 Å². The molecule has 1 saturated heterocycles. The first kappa shape index (κ1) is 20.6. The smallest absolute Gasteiger partial charge is 0.410 e. The highest BCUT2D eigenvalue weighted by Gasteiger charge is 2.32. The number of hydrogen-bond acceptors (Lipinski definition) is 7. The lowest BCUT2D eigenvalue weighted by Gasteiger charge is -2.32. The molecule has 9 nitrogen and oxygen atoms in total. The van der Waals surface area contributed by atoms with E-state index in [9.17, 15) is 14.4 Å². The quantitative estimate of drug-likeness (QED) is 0.798. The molecule has 0 saturated carbocycles. The van der Waals surface area contributed by atoms with E-state index in [4.69, 9.17) is 9.47 Å². The number of piperidine rings is 1. The highest BCUT2D eigenvalue weighted by Crippen LogP contribution is 2.21. The summed E-state index contributed by atoms with van der Waals surface area (Å²) in [5.74, 6) is -1.15. The minimum Gasteiger partial charge on any atom is -0.452 e. The van der Waals surface area contributed by atoms with Crippen LogP contribution in [-0.4, -0.2) is 57.6 Å². The second-order valence-corrected chi connectivity index (χ2v) is 7.38. The first-order valence-electron chi connectivity index (χ1n) is 8.92. The van der Waals surface area contributed by atoms with Crippen LogP contribution in [0.2, 0.25) is 0 Å². The van der Waals surface area contributed by atoms with E-state index in [1.165, 1.54) is 19.3 Å². The van der Waals surface area contributed by atoms with Crippen LogP contribution in [0.3, 0.4) is 0 Å². The Morgan fingerprint density at radius 1 is 1.19 bits per heavy atom. The molecule has 0 radical (unpaired) electrons. The zero-order valence-corrected chi connectivity index (χ0v) is 16.1. The molecule has 1 unspecified atom stereocenters. The third-order valence-electron chi connectivity index (χ3n) is 3.94. The monoisotopic (exact) mass is 378 g/mol. The topological polar surface area (TPSA) is 111 Å². The van der Waals surface area contributed by atoms with Crippen molar-refractivity contribution in [2.45, 2.75) is 52.2 Å². The lowest BCUT2D eigenvalue weighted by Crippen LogP contribution is -2.43. The summed E-state index contributed by atoms with van der Waals surface area (Å²) in [4.78, 5) is 45.8. The zero-order chi connectivity index (χ0) is 20.0. The van der Waals surface area contributed by atoms with Crippen molar-refractivity contribution in [1.82, 2.24) is 14.9 Å². The average molecular weight is 378 g/mol. The summed E-state index contributed by atoms with van der Waals surface area (Å²) >= 11 is 0. The summed E-state index contributed by atoms with van der Waals surface area (Å²) in [5.41, 5.74) is -0.557. The molecule has 1 aromatic heterocycles. The third kappa shape index (κ3) is 6.50. The fraction of sp³-hybridized carbons (Fsp3) is 0.611. The Morgan fingerprint density at radius 2 is 1.78 bits per heavy atom. The van der Waals surface area contributed by atoms with E-state index in [0.717, 1.165) is 0 Å². The Bertz CT molecular complexity index is 666. The third-order valence-corrected chi connectivity index (χ3v) is 3.94. The molecule has 0 aliphatic carbocycles. The van der Waals surface area contributed by atoms with Gasteiger partial charge in [0, 0.05) is 25.5 Å². The maximum atomic E-state index is 12.3. The molecule has 1 aliphatic heterocycles. The number of amides is 2. The summed E-state index contributed by atoms with van der Waals surface area (Å²) < 4.78 is 10.6. The van der Waals surface area contributed by atoms with E-state index in [1.807, 2.05) is 20.8 Å². The molecule has 1 atom stereocenters. The highest BCUT2D eigenvalue weighted by molar-refractivity contribution is 5.93. The van der Waals surface area contributed by atoms with E-state index >= 15 is 0 Å². The van der Waals surface area contributed by atoms with Crippen LogP contribution in [-0.2, 0) is 19.1 Å². The van der Waals surface area contributed by atoms with Crippen molar-refractivity contribution in [2.75, 3.05) is 18.4 Å². The number of likely N-dealkylation sites (tertiary alicyclic amines) is 1. The van der Waals surface area contributed by atoms with Crippen molar-refractivity contribution in [1.29, 1.82) is 0 Å². The molecule has 1 N–H and O–H groups in total. The van der Waals surface area contributed by atoms with E-state index < -0.39 is 23.6 Å². The van der Waals surface area contributed by atoms with Crippen LogP contribution in [0.1, 0.15) is 40.5 Å². The molecule has 1 aliphatic rings. The zero-order valence-electron chi connectivity index (χ0n) is 16.1. The molecule has 2 heterocycles. The van der Waals surface area contributed by atoms with Gasteiger partial charge in [0.2, 0.25) is 5.95 Å².